The number of rotatable bonds is 9. The molecule has 10 nitrogen and oxygen atoms in total. The van der Waals surface area contributed by atoms with Crippen LogP contribution in [0, 0.1) is 0 Å². The summed E-state index contributed by atoms with van der Waals surface area (Å²) in [6.07, 6.45) is 9.52. The topological polar surface area (TPSA) is 155 Å². The molecule has 10 heteroatoms. The summed E-state index contributed by atoms with van der Waals surface area (Å²) < 4.78 is 0. The summed E-state index contributed by atoms with van der Waals surface area (Å²) in [5.41, 5.74) is 5.87. The van der Waals surface area contributed by atoms with E-state index in [4.69, 9.17) is 15.9 Å². The van der Waals surface area contributed by atoms with Gasteiger partial charge in [0, 0.05) is 31.3 Å². The van der Waals surface area contributed by atoms with Crippen molar-refractivity contribution in [2.24, 2.45) is 0 Å². The van der Waals surface area contributed by atoms with E-state index in [1.807, 2.05) is 0 Å². The van der Waals surface area contributed by atoms with E-state index >= 15 is 0 Å². The SMILES string of the molecule is CCCN(CCC)c1nc(N)nc(NC2CCCCC2)n1.O=C(O)/C=C\C(=O)O. The van der Waals surface area contributed by atoms with Crippen LogP contribution in [-0.2, 0) is 9.59 Å². The van der Waals surface area contributed by atoms with Gasteiger partial charge in [0.25, 0.3) is 0 Å². The molecule has 1 aromatic rings. The van der Waals surface area contributed by atoms with Gasteiger partial charge in [-0.05, 0) is 25.7 Å². The number of nitrogens with two attached hydrogens (primary N) is 1. The van der Waals surface area contributed by atoms with Gasteiger partial charge in [0.15, 0.2) is 0 Å². The number of nitrogens with one attached hydrogen (secondary N) is 1. The van der Waals surface area contributed by atoms with Gasteiger partial charge in [-0.3, -0.25) is 0 Å². The third-order valence-corrected chi connectivity index (χ3v) is 4.22. The normalized spacial score (nSPS) is 14.1. The lowest BCUT2D eigenvalue weighted by molar-refractivity contribution is -0.134. The van der Waals surface area contributed by atoms with E-state index in [0.29, 0.717) is 36.0 Å². The van der Waals surface area contributed by atoms with E-state index in [-0.39, 0.29) is 0 Å². The Morgan fingerprint density at radius 2 is 1.59 bits per heavy atom. The zero-order valence-electron chi connectivity index (χ0n) is 17.2. The van der Waals surface area contributed by atoms with Crippen LogP contribution in [0.1, 0.15) is 58.8 Å². The smallest absolute Gasteiger partial charge is 0.328 e. The highest BCUT2D eigenvalue weighted by molar-refractivity contribution is 5.89. The average molecular weight is 409 g/mol. The minimum atomic E-state index is -1.26. The summed E-state index contributed by atoms with van der Waals surface area (Å²) in [6, 6.07) is 0.471. The van der Waals surface area contributed by atoms with Crippen molar-refractivity contribution in [3.05, 3.63) is 12.2 Å². The summed E-state index contributed by atoms with van der Waals surface area (Å²) in [6.45, 7) is 6.21. The van der Waals surface area contributed by atoms with Crippen LogP contribution in [0.2, 0.25) is 0 Å². The zero-order chi connectivity index (χ0) is 21.6. The Morgan fingerprint density at radius 1 is 1.03 bits per heavy atom. The van der Waals surface area contributed by atoms with Gasteiger partial charge in [-0.2, -0.15) is 15.0 Å². The number of carboxylic acids is 2. The Balaban J connectivity index is 0.000000447. The molecule has 0 aromatic carbocycles. The van der Waals surface area contributed by atoms with Gasteiger partial charge in [0.2, 0.25) is 17.8 Å². The lowest BCUT2D eigenvalue weighted by atomic mass is 9.96. The quantitative estimate of drug-likeness (QED) is 0.448. The second-order valence-electron chi connectivity index (χ2n) is 6.79. The van der Waals surface area contributed by atoms with E-state index in [9.17, 15) is 9.59 Å². The molecule has 29 heavy (non-hydrogen) atoms. The Labute approximate surface area is 171 Å². The van der Waals surface area contributed by atoms with Crippen LogP contribution in [0.15, 0.2) is 12.2 Å². The van der Waals surface area contributed by atoms with E-state index in [1.54, 1.807) is 0 Å². The summed E-state index contributed by atoms with van der Waals surface area (Å²) in [5.74, 6) is -0.888. The van der Waals surface area contributed by atoms with Crippen LogP contribution in [0.5, 0.6) is 0 Å². The number of nitrogen functional groups attached to an aromatic ring is 1. The minimum absolute atomic E-state index is 0.301. The number of anilines is 3. The van der Waals surface area contributed by atoms with Crippen LogP contribution in [0.3, 0.4) is 0 Å². The van der Waals surface area contributed by atoms with Crippen molar-refractivity contribution in [2.75, 3.05) is 29.0 Å². The summed E-state index contributed by atoms with van der Waals surface area (Å²) in [7, 11) is 0. The highest BCUT2D eigenvalue weighted by Gasteiger charge is 2.16. The van der Waals surface area contributed by atoms with Crippen LogP contribution in [0.25, 0.3) is 0 Å². The number of carboxylic acid groups (broad SMARTS) is 2. The fourth-order valence-corrected chi connectivity index (χ4v) is 3.01. The highest BCUT2D eigenvalue weighted by atomic mass is 16.4. The summed E-state index contributed by atoms with van der Waals surface area (Å²) in [4.78, 5) is 34.4. The van der Waals surface area contributed by atoms with Crippen LogP contribution in [-0.4, -0.2) is 56.2 Å². The molecule has 162 valence electrons. The second-order valence-corrected chi connectivity index (χ2v) is 6.79. The molecule has 1 heterocycles. The van der Waals surface area contributed by atoms with Crippen molar-refractivity contribution in [1.29, 1.82) is 0 Å². The number of nitrogens with zero attached hydrogens (tertiary/aromatic N) is 4. The molecule has 1 saturated carbocycles. The Hall–Kier alpha value is -2.91. The number of hydrogen-bond acceptors (Lipinski definition) is 8. The molecule has 0 amide bonds. The van der Waals surface area contributed by atoms with Gasteiger partial charge < -0.3 is 26.2 Å². The standard InChI is InChI=1S/C15H28N6.C4H4O4/c1-3-10-21(11-4-2)15-19-13(16)18-14(20-15)17-12-8-6-5-7-9-12;5-3(6)1-2-4(7)8/h12H,3-11H2,1-2H3,(H3,16,17,18,19,20);1-2H,(H,5,6)(H,7,8)/b;2-1-. The zero-order valence-corrected chi connectivity index (χ0v) is 17.2. The average Bonchev–Trinajstić information content (AvgIpc) is 2.67. The van der Waals surface area contributed by atoms with Crippen molar-refractivity contribution >= 4 is 29.8 Å². The first-order valence-corrected chi connectivity index (χ1v) is 10.0. The molecule has 0 bridgehead atoms. The lowest BCUT2D eigenvalue weighted by Gasteiger charge is -2.24. The lowest BCUT2D eigenvalue weighted by Crippen LogP contribution is -2.29. The molecular formula is C19H32N6O4. The van der Waals surface area contributed by atoms with Gasteiger partial charge in [0.05, 0.1) is 0 Å². The molecule has 2 rings (SSSR count). The summed E-state index contributed by atoms with van der Waals surface area (Å²) in [5, 5.41) is 19.1. The van der Waals surface area contributed by atoms with Crippen LogP contribution in [0.4, 0.5) is 17.8 Å². The maximum Gasteiger partial charge on any atom is 0.328 e. The molecule has 0 atom stereocenters. The first-order valence-electron chi connectivity index (χ1n) is 10.0. The molecule has 1 aliphatic rings. The molecule has 0 saturated heterocycles. The molecular weight excluding hydrogens is 376 g/mol. The van der Waals surface area contributed by atoms with Gasteiger partial charge in [-0.25, -0.2) is 9.59 Å². The Morgan fingerprint density at radius 3 is 2.07 bits per heavy atom. The fraction of sp³-hybridized carbons (Fsp3) is 0.632. The van der Waals surface area contributed by atoms with Gasteiger partial charge in [0.1, 0.15) is 0 Å². The van der Waals surface area contributed by atoms with Crippen LogP contribution >= 0.6 is 0 Å². The van der Waals surface area contributed by atoms with Gasteiger partial charge in [-0.1, -0.05) is 33.1 Å². The van der Waals surface area contributed by atoms with Crippen molar-refractivity contribution in [3.63, 3.8) is 0 Å². The molecule has 0 aliphatic heterocycles. The molecule has 1 aliphatic carbocycles. The number of carbonyl (C=O) groups is 2. The molecule has 5 N–H and O–H groups in total. The fourth-order valence-electron chi connectivity index (χ4n) is 3.01. The van der Waals surface area contributed by atoms with Crippen molar-refractivity contribution in [1.82, 2.24) is 15.0 Å². The largest absolute Gasteiger partial charge is 0.478 e. The molecule has 0 unspecified atom stereocenters. The van der Waals surface area contributed by atoms with Crippen LogP contribution < -0.4 is 16.0 Å². The number of aromatic nitrogens is 3. The third-order valence-electron chi connectivity index (χ3n) is 4.22. The minimum Gasteiger partial charge on any atom is -0.478 e. The predicted octanol–water partition coefficient (Wildman–Crippen LogP) is 2.54. The predicted molar refractivity (Wildman–Crippen MR) is 112 cm³/mol. The monoisotopic (exact) mass is 408 g/mol. The first kappa shape index (κ1) is 24.1. The number of aliphatic carboxylic acids is 2. The second kappa shape index (κ2) is 13.3. The van der Waals surface area contributed by atoms with E-state index in [0.717, 1.165) is 25.9 Å². The van der Waals surface area contributed by atoms with E-state index < -0.39 is 11.9 Å². The van der Waals surface area contributed by atoms with Crippen molar-refractivity contribution < 1.29 is 19.8 Å². The van der Waals surface area contributed by atoms with E-state index in [1.165, 1.54) is 32.1 Å². The van der Waals surface area contributed by atoms with Gasteiger partial charge in [-0.15, -0.1) is 0 Å². The third kappa shape index (κ3) is 10.3. The maximum absolute atomic E-state index is 9.55. The molecule has 0 spiro atoms. The van der Waals surface area contributed by atoms with Gasteiger partial charge >= 0.3 is 11.9 Å². The van der Waals surface area contributed by atoms with Crippen molar-refractivity contribution in [2.45, 2.75) is 64.8 Å². The molecule has 1 aromatic heterocycles. The van der Waals surface area contributed by atoms with E-state index in [2.05, 4.69) is 39.0 Å². The maximum atomic E-state index is 9.55. The number of hydrogen-bond donors (Lipinski definition) is 4. The Bertz CT molecular complexity index is 655. The molecule has 1 fully saturated rings. The first-order chi connectivity index (χ1) is 13.8. The van der Waals surface area contributed by atoms with Crippen molar-refractivity contribution in [3.8, 4) is 0 Å². The highest BCUT2D eigenvalue weighted by Crippen LogP contribution is 2.21. The molecule has 0 radical (unpaired) electrons. The Kier molecular flexibility index (Phi) is 11.1. The summed E-state index contributed by atoms with van der Waals surface area (Å²) >= 11 is 0.